The molecule has 116 valence electrons. The number of methoxy groups -OCH3 is 1. The molecule has 0 aromatic carbocycles. The zero-order valence-electron chi connectivity index (χ0n) is 12.3. The molecule has 3 N–H and O–H groups in total. The summed E-state index contributed by atoms with van der Waals surface area (Å²) >= 11 is 0. The highest BCUT2D eigenvalue weighted by molar-refractivity contribution is 5.83. The van der Waals surface area contributed by atoms with Crippen molar-refractivity contribution in [1.82, 2.24) is 9.97 Å². The largest absolute Gasteiger partial charge is 0.377 e. The SMILES string of the molecule is CCNc1cc(N2CCOCC2C(N)=O)nc(COC)n1. The molecule has 1 aromatic rings. The average Bonchev–Trinajstić information content (AvgIpc) is 2.47. The average molecular weight is 295 g/mol. The number of aromatic nitrogens is 2. The van der Waals surface area contributed by atoms with E-state index in [2.05, 4.69) is 15.3 Å². The molecule has 0 bridgehead atoms. The molecule has 0 saturated carbocycles. The summed E-state index contributed by atoms with van der Waals surface area (Å²) in [6.07, 6.45) is 0. The normalized spacial score (nSPS) is 18.6. The van der Waals surface area contributed by atoms with E-state index >= 15 is 0 Å². The number of rotatable bonds is 6. The molecule has 1 saturated heterocycles. The van der Waals surface area contributed by atoms with E-state index in [-0.39, 0.29) is 6.61 Å². The third-order valence-corrected chi connectivity index (χ3v) is 3.14. The van der Waals surface area contributed by atoms with Crippen molar-refractivity contribution in [2.24, 2.45) is 5.73 Å². The second-order valence-electron chi connectivity index (χ2n) is 4.68. The lowest BCUT2D eigenvalue weighted by Crippen LogP contribution is -2.53. The van der Waals surface area contributed by atoms with Gasteiger partial charge in [0.25, 0.3) is 0 Å². The number of ether oxygens (including phenoxy) is 2. The van der Waals surface area contributed by atoms with Crippen molar-refractivity contribution < 1.29 is 14.3 Å². The summed E-state index contributed by atoms with van der Waals surface area (Å²) in [4.78, 5) is 22.2. The zero-order chi connectivity index (χ0) is 15.2. The number of primary amides is 1. The van der Waals surface area contributed by atoms with Crippen LogP contribution in [-0.4, -0.2) is 55.3 Å². The van der Waals surface area contributed by atoms with E-state index in [0.29, 0.717) is 37.2 Å². The molecule has 1 unspecified atom stereocenters. The number of nitrogens with one attached hydrogen (secondary N) is 1. The van der Waals surface area contributed by atoms with Crippen molar-refractivity contribution in [3.05, 3.63) is 11.9 Å². The molecule has 1 atom stereocenters. The maximum atomic E-state index is 11.6. The first-order valence-corrected chi connectivity index (χ1v) is 6.90. The summed E-state index contributed by atoms with van der Waals surface area (Å²) in [5.74, 6) is 1.48. The number of carbonyl (C=O) groups is 1. The molecule has 1 aromatic heterocycles. The van der Waals surface area contributed by atoms with Crippen LogP contribution in [-0.2, 0) is 20.9 Å². The smallest absolute Gasteiger partial charge is 0.242 e. The van der Waals surface area contributed by atoms with Gasteiger partial charge in [0.15, 0.2) is 5.82 Å². The lowest BCUT2D eigenvalue weighted by molar-refractivity contribution is -0.121. The number of hydrogen-bond acceptors (Lipinski definition) is 7. The highest BCUT2D eigenvalue weighted by Crippen LogP contribution is 2.21. The lowest BCUT2D eigenvalue weighted by Gasteiger charge is -2.34. The van der Waals surface area contributed by atoms with Crippen molar-refractivity contribution in [2.75, 3.05) is 43.6 Å². The van der Waals surface area contributed by atoms with E-state index < -0.39 is 11.9 Å². The Balaban J connectivity index is 2.32. The highest BCUT2D eigenvalue weighted by atomic mass is 16.5. The number of nitrogens with two attached hydrogens (primary N) is 1. The van der Waals surface area contributed by atoms with Crippen molar-refractivity contribution in [3.8, 4) is 0 Å². The molecule has 1 amide bonds. The maximum Gasteiger partial charge on any atom is 0.242 e. The van der Waals surface area contributed by atoms with Crippen LogP contribution in [0.15, 0.2) is 6.07 Å². The number of carbonyl (C=O) groups excluding carboxylic acids is 1. The van der Waals surface area contributed by atoms with Gasteiger partial charge < -0.3 is 25.4 Å². The summed E-state index contributed by atoms with van der Waals surface area (Å²) in [6, 6.07) is 1.29. The number of amides is 1. The minimum Gasteiger partial charge on any atom is -0.377 e. The maximum absolute atomic E-state index is 11.6. The van der Waals surface area contributed by atoms with E-state index in [4.69, 9.17) is 15.2 Å². The van der Waals surface area contributed by atoms with Gasteiger partial charge in [-0.1, -0.05) is 0 Å². The summed E-state index contributed by atoms with van der Waals surface area (Å²) in [5.41, 5.74) is 5.44. The van der Waals surface area contributed by atoms with Crippen LogP contribution in [0.1, 0.15) is 12.7 Å². The molecule has 1 fully saturated rings. The molecule has 1 aliphatic heterocycles. The van der Waals surface area contributed by atoms with Gasteiger partial charge in [0.2, 0.25) is 5.91 Å². The predicted molar refractivity (Wildman–Crippen MR) is 78.1 cm³/mol. The van der Waals surface area contributed by atoms with Crippen LogP contribution >= 0.6 is 0 Å². The van der Waals surface area contributed by atoms with E-state index in [0.717, 1.165) is 6.54 Å². The van der Waals surface area contributed by atoms with Crippen LogP contribution in [0.3, 0.4) is 0 Å². The van der Waals surface area contributed by atoms with Gasteiger partial charge in [0, 0.05) is 26.3 Å². The van der Waals surface area contributed by atoms with E-state index in [1.165, 1.54) is 0 Å². The van der Waals surface area contributed by atoms with Crippen molar-refractivity contribution in [2.45, 2.75) is 19.6 Å². The van der Waals surface area contributed by atoms with E-state index in [1.807, 2.05) is 17.9 Å². The van der Waals surface area contributed by atoms with Gasteiger partial charge in [-0.25, -0.2) is 9.97 Å². The molecule has 1 aliphatic rings. The van der Waals surface area contributed by atoms with Crippen LogP contribution < -0.4 is 16.0 Å². The third kappa shape index (κ3) is 3.79. The molecular weight excluding hydrogens is 274 g/mol. The van der Waals surface area contributed by atoms with Gasteiger partial charge in [-0.05, 0) is 6.92 Å². The second-order valence-corrected chi connectivity index (χ2v) is 4.68. The standard InChI is InChI=1S/C13H21N5O3/c1-3-15-10-6-12(17-11(16-10)8-20-2)18-4-5-21-7-9(18)13(14)19/h6,9H,3-5,7-8H2,1-2H3,(H2,14,19)(H,15,16,17). The molecule has 21 heavy (non-hydrogen) atoms. The highest BCUT2D eigenvalue weighted by Gasteiger charge is 2.29. The van der Waals surface area contributed by atoms with Crippen LogP contribution in [0, 0.1) is 0 Å². The fraction of sp³-hybridized carbons (Fsp3) is 0.615. The van der Waals surface area contributed by atoms with Gasteiger partial charge in [-0.2, -0.15) is 0 Å². The first kappa shape index (κ1) is 15.5. The monoisotopic (exact) mass is 295 g/mol. The quantitative estimate of drug-likeness (QED) is 0.745. The predicted octanol–water partition coefficient (Wildman–Crippen LogP) is -0.255. The summed E-state index contributed by atoms with van der Waals surface area (Å²) in [5, 5.41) is 3.15. The molecule has 0 aliphatic carbocycles. The van der Waals surface area contributed by atoms with Crippen molar-refractivity contribution in [1.29, 1.82) is 0 Å². The van der Waals surface area contributed by atoms with Crippen molar-refractivity contribution >= 4 is 17.5 Å². The van der Waals surface area contributed by atoms with Crippen molar-refractivity contribution in [3.63, 3.8) is 0 Å². The summed E-state index contributed by atoms with van der Waals surface area (Å²) in [6.45, 7) is 4.39. The fourth-order valence-electron chi connectivity index (χ4n) is 2.21. The van der Waals surface area contributed by atoms with E-state index in [9.17, 15) is 4.79 Å². The van der Waals surface area contributed by atoms with Gasteiger partial charge in [0.05, 0.1) is 13.2 Å². The lowest BCUT2D eigenvalue weighted by atomic mass is 10.2. The summed E-state index contributed by atoms with van der Waals surface area (Å²) < 4.78 is 10.4. The minimum absolute atomic E-state index is 0.273. The zero-order valence-corrected chi connectivity index (χ0v) is 12.3. The Labute approximate surface area is 123 Å². The first-order valence-electron chi connectivity index (χ1n) is 6.90. The van der Waals surface area contributed by atoms with Crippen LogP contribution in [0.2, 0.25) is 0 Å². The number of anilines is 2. The number of morpholine rings is 1. The van der Waals surface area contributed by atoms with Crippen LogP contribution in [0.4, 0.5) is 11.6 Å². The molecule has 2 rings (SSSR count). The van der Waals surface area contributed by atoms with Crippen LogP contribution in [0.25, 0.3) is 0 Å². The summed E-state index contributed by atoms with van der Waals surface area (Å²) in [7, 11) is 1.59. The third-order valence-electron chi connectivity index (χ3n) is 3.14. The molecule has 0 spiro atoms. The first-order chi connectivity index (χ1) is 10.2. The molecule has 0 radical (unpaired) electrons. The number of nitrogens with zero attached hydrogens (tertiary/aromatic N) is 3. The van der Waals surface area contributed by atoms with Gasteiger partial charge >= 0.3 is 0 Å². The molecule has 2 heterocycles. The Morgan fingerprint density at radius 1 is 1.62 bits per heavy atom. The number of hydrogen-bond donors (Lipinski definition) is 2. The Morgan fingerprint density at radius 2 is 2.43 bits per heavy atom. The van der Waals surface area contributed by atoms with Crippen LogP contribution in [0.5, 0.6) is 0 Å². The Hall–Kier alpha value is -1.93. The second kappa shape index (κ2) is 7.19. The molecule has 8 nitrogen and oxygen atoms in total. The Morgan fingerprint density at radius 3 is 3.10 bits per heavy atom. The Bertz CT molecular complexity index is 472. The van der Waals surface area contributed by atoms with Gasteiger partial charge in [-0.3, -0.25) is 4.79 Å². The van der Waals surface area contributed by atoms with E-state index in [1.54, 1.807) is 7.11 Å². The Kier molecular flexibility index (Phi) is 5.29. The molecule has 8 heteroatoms. The fourth-order valence-corrected chi connectivity index (χ4v) is 2.21. The topological polar surface area (TPSA) is 103 Å². The van der Waals surface area contributed by atoms with Gasteiger partial charge in [0.1, 0.15) is 24.3 Å². The molecular formula is C13H21N5O3. The minimum atomic E-state index is -0.515. The van der Waals surface area contributed by atoms with Gasteiger partial charge in [-0.15, -0.1) is 0 Å².